The van der Waals surface area contributed by atoms with Gasteiger partial charge in [-0.15, -0.1) is 0 Å². The van der Waals surface area contributed by atoms with Gasteiger partial charge in [-0.2, -0.15) is 0 Å². The molecule has 1 aromatic rings. The molecule has 0 saturated carbocycles. The van der Waals surface area contributed by atoms with E-state index < -0.39 is 22.4 Å². The van der Waals surface area contributed by atoms with Gasteiger partial charge in [0.1, 0.15) is 5.69 Å². The highest BCUT2D eigenvalue weighted by molar-refractivity contribution is 7.85. The molecule has 1 fully saturated rings. The van der Waals surface area contributed by atoms with Gasteiger partial charge in [0, 0.05) is 34.0 Å². The van der Waals surface area contributed by atoms with Crippen LogP contribution >= 0.6 is 0 Å². The van der Waals surface area contributed by atoms with E-state index >= 15 is 0 Å². The Bertz CT molecular complexity index is 420. The lowest BCUT2D eigenvalue weighted by molar-refractivity contribution is 0.572. The molecule has 1 saturated heterocycles. The lowest BCUT2D eigenvalue weighted by atomic mass is 10.1. The smallest absolute Gasteiger partial charge is 0.151 e. The third-order valence-electron chi connectivity index (χ3n) is 2.80. The Labute approximate surface area is 101 Å². The van der Waals surface area contributed by atoms with Crippen LogP contribution in [0.5, 0.6) is 0 Å². The summed E-state index contributed by atoms with van der Waals surface area (Å²) in [4.78, 5) is 0. The minimum absolute atomic E-state index is 0.0275. The van der Waals surface area contributed by atoms with E-state index in [1.807, 2.05) is 0 Å². The number of nitrogens with two attached hydrogens (primary N) is 1. The van der Waals surface area contributed by atoms with Gasteiger partial charge in [0.25, 0.3) is 0 Å². The molecule has 1 aromatic carbocycles. The summed E-state index contributed by atoms with van der Waals surface area (Å²) >= 11 is 0. The van der Waals surface area contributed by atoms with Crippen LogP contribution in [0.1, 0.15) is 12.8 Å². The molecular weight excluding hydrogens is 246 g/mol. The molecule has 0 spiro atoms. The summed E-state index contributed by atoms with van der Waals surface area (Å²) in [5.74, 6) is -0.213. The van der Waals surface area contributed by atoms with Crippen LogP contribution in [0.4, 0.5) is 20.2 Å². The lowest BCUT2D eigenvalue weighted by Crippen LogP contribution is -2.30. The molecule has 1 heterocycles. The number of benzene rings is 1. The van der Waals surface area contributed by atoms with Crippen LogP contribution in [0.2, 0.25) is 0 Å². The zero-order chi connectivity index (χ0) is 12.4. The van der Waals surface area contributed by atoms with Gasteiger partial charge >= 0.3 is 0 Å². The maximum atomic E-state index is 13.5. The monoisotopic (exact) mass is 260 g/mol. The Morgan fingerprint density at radius 1 is 1.24 bits per heavy atom. The van der Waals surface area contributed by atoms with Crippen LogP contribution in [-0.2, 0) is 10.8 Å². The van der Waals surface area contributed by atoms with Gasteiger partial charge in [0.15, 0.2) is 11.6 Å². The average Bonchev–Trinajstić information content (AvgIpc) is 2.26. The van der Waals surface area contributed by atoms with Crippen molar-refractivity contribution in [1.82, 2.24) is 0 Å². The summed E-state index contributed by atoms with van der Waals surface area (Å²) < 4.78 is 38.2. The Morgan fingerprint density at radius 2 is 1.76 bits per heavy atom. The van der Waals surface area contributed by atoms with Crippen molar-refractivity contribution in [2.75, 3.05) is 22.6 Å². The minimum atomic E-state index is -0.781. The average molecular weight is 260 g/mol. The summed E-state index contributed by atoms with van der Waals surface area (Å²) in [6.07, 6.45) is 1.33. The van der Waals surface area contributed by atoms with Gasteiger partial charge in [-0.05, 0) is 25.0 Å². The van der Waals surface area contributed by atoms with Crippen molar-refractivity contribution in [3.05, 3.63) is 23.8 Å². The maximum Gasteiger partial charge on any atom is 0.151 e. The predicted octanol–water partition coefficient (Wildman–Crippen LogP) is 1.87. The van der Waals surface area contributed by atoms with E-state index in [9.17, 15) is 13.0 Å². The van der Waals surface area contributed by atoms with Crippen molar-refractivity contribution in [3.63, 3.8) is 0 Å². The second kappa shape index (κ2) is 5.00. The fraction of sp³-hybridized carbons (Fsp3) is 0.455. The molecule has 0 aromatic heterocycles. The zero-order valence-electron chi connectivity index (χ0n) is 9.21. The standard InChI is InChI=1S/C11H14F2N2OS/c12-9-5-7(14)6-10(13)11(9)15-8-1-3-17(16)4-2-8/h5-6,8,15H,1-4,14H2. The second-order valence-corrected chi connectivity index (χ2v) is 5.82. The van der Waals surface area contributed by atoms with Crippen molar-refractivity contribution >= 4 is 22.2 Å². The number of anilines is 2. The van der Waals surface area contributed by atoms with Gasteiger partial charge in [0.2, 0.25) is 0 Å². The van der Waals surface area contributed by atoms with E-state index in [1.54, 1.807) is 0 Å². The molecule has 3 N–H and O–H groups in total. The SMILES string of the molecule is Nc1cc(F)c(NC2CCS(=O)CC2)c(F)c1. The topological polar surface area (TPSA) is 55.1 Å². The quantitative estimate of drug-likeness (QED) is 0.798. The summed E-state index contributed by atoms with van der Waals surface area (Å²) in [5.41, 5.74) is 5.26. The molecule has 3 nitrogen and oxygen atoms in total. The van der Waals surface area contributed by atoms with E-state index in [1.165, 1.54) is 0 Å². The molecule has 0 atom stereocenters. The third-order valence-corrected chi connectivity index (χ3v) is 4.18. The number of nitrogens with one attached hydrogen (secondary N) is 1. The number of rotatable bonds is 2. The Kier molecular flexibility index (Phi) is 3.61. The first-order valence-corrected chi connectivity index (χ1v) is 6.91. The molecule has 6 heteroatoms. The second-order valence-electron chi connectivity index (χ2n) is 4.13. The van der Waals surface area contributed by atoms with E-state index in [0.717, 1.165) is 12.1 Å². The van der Waals surface area contributed by atoms with Crippen LogP contribution in [0.25, 0.3) is 0 Å². The molecule has 0 bridgehead atoms. The van der Waals surface area contributed by atoms with E-state index in [-0.39, 0.29) is 17.4 Å². The van der Waals surface area contributed by atoms with Crippen molar-refractivity contribution in [1.29, 1.82) is 0 Å². The number of hydrogen-bond donors (Lipinski definition) is 2. The maximum absolute atomic E-state index is 13.5. The third kappa shape index (κ3) is 2.94. The Hall–Kier alpha value is -1.17. The highest BCUT2D eigenvalue weighted by Gasteiger charge is 2.20. The molecule has 0 unspecified atom stereocenters. The first kappa shape index (κ1) is 12.3. The van der Waals surface area contributed by atoms with Crippen LogP contribution in [-0.4, -0.2) is 21.8 Å². The fourth-order valence-corrected chi connectivity index (χ4v) is 3.17. The van der Waals surface area contributed by atoms with E-state index in [2.05, 4.69) is 5.32 Å². The normalized spacial score (nSPS) is 24.6. The molecule has 0 aliphatic carbocycles. The summed E-state index contributed by atoms with van der Waals surface area (Å²) in [6, 6.07) is 2.15. The molecule has 2 rings (SSSR count). The molecular formula is C11H14F2N2OS. The fourth-order valence-electron chi connectivity index (χ4n) is 1.87. The molecule has 94 valence electrons. The van der Waals surface area contributed by atoms with E-state index in [4.69, 9.17) is 5.73 Å². The number of halogens is 2. The number of hydrogen-bond acceptors (Lipinski definition) is 3. The van der Waals surface area contributed by atoms with Crippen molar-refractivity contribution in [3.8, 4) is 0 Å². The van der Waals surface area contributed by atoms with Crippen molar-refractivity contribution in [2.24, 2.45) is 0 Å². The van der Waals surface area contributed by atoms with Crippen LogP contribution in [0.15, 0.2) is 12.1 Å². The van der Waals surface area contributed by atoms with Gasteiger partial charge in [-0.1, -0.05) is 0 Å². The van der Waals surface area contributed by atoms with Crippen molar-refractivity contribution in [2.45, 2.75) is 18.9 Å². The van der Waals surface area contributed by atoms with Gasteiger partial charge in [-0.25, -0.2) is 8.78 Å². The van der Waals surface area contributed by atoms with Crippen LogP contribution < -0.4 is 11.1 Å². The van der Waals surface area contributed by atoms with Gasteiger partial charge < -0.3 is 11.1 Å². The van der Waals surface area contributed by atoms with Gasteiger partial charge in [0.05, 0.1) is 0 Å². The summed E-state index contributed by atoms with van der Waals surface area (Å²) in [6.45, 7) is 0. The number of nitrogen functional groups attached to an aromatic ring is 1. The van der Waals surface area contributed by atoms with Gasteiger partial charge in [-0.3, -0.25) is 4.21 Å². The molecule has 0 radical (unpaired) electrons. The highest BCUT2D eigenvalue weighted by Crippen LogP contribution is 2.24. The molecule has 1 aliphatic rings. The largest absolute Gasteiger partial charge is 0.399 e. The minimum Gasteiger partial charge on any atom is -0.399 e. The van der Waals surface area contributed by atoms with Crippen LogP contribution in [0, 0.1) is 11.6 Å². The lowest BCUT2D eigenvalue weighted by Gasteiger charge is -2.24. The van der Waals surface area contributed by atoms with Crippen molar-refractivity contribution < 1.29 is 13.0 Å². The zero-order valence-corrected chi connectivity index (χ0v) is 10.0. The Balaban J connectivity index is 2.11. The predicted molar refractivity (Wildman–Crippen MR) is 65.3 cm³/mol. The van der Waals surface area contributed by atoms with Crippen LogP contribution in [0.3, 0.4) is 0 Å². The van der Waals surface area contributed by atoms with E-state index in [0.29, 0.717) is 24.3 Å². The summed E-state index contributed by atoms with van der Waals surface area (Å²) in [7, 11) is -0.781. The molecule has 1 aliphatic heterocycles. The molecule has 0 amide bonds. The molecule has 17 heavy (non-hydrogen) atoms. The summed E-state index contributed by atoms with van der Waals surface area (Å²) in [5, 5.41) is 2.83. The highest BCUT2D eigenvalue weighted by atomic mass is 32.2. The Morgan fingerprint density at radius 3 is 2.29 bits per heavy atom. The first-order chi connectivity index (χ1) is 8.06. The first-order valence-electron chi connectivity index (χ1n) is 5.42.